The van der Waals surface area contributed by atoms with Crippen LogP contribution in [-0.2, 0) is 0 Å². The molecule has 1 atom stereocenters. The van der Waals surface area contributed by atoms with Crippen molar-refractivity contribution in [3.05, 3.63) is 23.3 Å². The third kappa shape index (κ3) is 2.01. The summed E-state index contributed by atoms with van der Waals surface area (Å²) in [5.74, 6) is -0.215. The highest BCUT2D eigenvalue weighted by molar-refractivity contribution is 5.17. The van der Waals surface area contributed by atoms with E-state index in [9.17, 15) is 0 Å². The number of aliphatic hydroxyl groups excluding tert-OH is 1. The van der Waals surface area contributed by atoms with Gasteiger partial charge >= 0.3 is 0 Å². The third-order valence-corrected chi connectivity index (χ3v) is 1.89. The Balaban J connectivity index is 3.04. The van der Waals surface area contributed by atoms with Crippen molar-refractivity contribution >= 4 is 0 Å². The molecule has 13 heavy (non-hydrogen) atoms. The quantitative estimate of drug-likeness (QED) is 0.721. The Hall–Kier alpha value is -1.47. The molecule has 0 saturated carbocycles. The monoisotopic (exact) mass is 177 g/mol. The molecule has 0 aliphatic carbocycles. The minimum absolute atomic E-state index is 0.237. The Morgan fingerprint density at radius 2 is 2.31 bits per heavy atom. The maximum atomic E-state index is 8.84. The molecule has 1 aromatic heterocycles. The molecular weight excluding hydrogens is 166 g/mol. The molecule has 0 bridgehead atoms. The first kappa shape index (κ1) is 9.62. The fraction of sp³-hybridized carbons (Fsp3) is 0.444. The molecule has 0 saturated heterocycles. The standard InChI is InChI=1S/C9H11N3O/c1-6-4-11-9(12-7(6)2)8(3-10)5-13/h4,8,13H,5H2,1-2H3. The second-order valence-corrected chi connectivity index (χ2v) is 2.86. The van der Waals surface area contributed by atoms with Crippen molar-refractivity contribution in [1.82, 2.24) is 9.97 Å². The predicted octanol–water partition coefficient (Wildman–Crippen LogP) is 0.693. The summed E-state index contributed by atoms with van der Waals surface area (Å²) >= 11 is 0. The largest absolute Gasteiger partial charge is 0.395 e. The van der Waals surface area contributed by atoms with E-state index in [1.807, 2.05) is 19.9 Å². The summed E-state index contributed by atoms with van der Waals surface area (Å²) in [6.07, 6.45) is 1.66. The zero-order chi connectivity index (χ0) is 9.84. The van der Waals surface area contributed by atoms with Gasteiger partial charge in [0.2, 0.25) is 0 Å². The Labute approximate surface area is 76.9 Å². The molecule has 68 valence electrons. The molecule has 4 heteroatoms. The van der Waals surface area contributed by atoms with Crippen molar-refractivity contribution in [3.63, 3.8) is 0 Å². The van der Waals surface area contributed by atoms with E-state index in [-0.39, 0.29) is 6.61 Å². The zero-order valence-corrected chi connectivity index (χ0v) is 7.65. The van der Waals surface area contributed by atoms with E-state index in [1.165, 1.54) is 0 Å². The van der Waals surface area contributed by atoms with Crippen LogP contribution in [-0.4, -0.2) is 21.7 Å². The zero-order valence-electron chi connectivity index (χ0n) is 7.65. The molecule has 1 aromatic rings. The number of aliphatic hydroxyl groups is 1. The van der Waals surface area contributed by atoms with Gasteiger partial charge in [-0.15, -0.1) is 0 Å². The second-order valence-electron chi connectivity index (χ2n) is 2.86. The molecule has 0 amide bonds. The van der Waals surface area contributed by atoms with Crippen LogP contribution in [0.3, 0.4) is 0 Å². The molecule has 1 unspecified atom stereocenters. The fourth-order valence-corrected chi connectivity index (χ4v) is 0.893. The van der Waals surface area contributed by atoms with Gasteiger partial charge in [0.05, 0.1) is 12.7 Å². The lowest BCUT2D eigenvalue weighted by atomic mass is 10.1. The Kier molecular flexibility index (Phi) is 2.93. The number of aryl methyl sites for hydroxylation is 2. The first-order chi connectivity index (χ1) is 6.19. The molecule has 1 N–H and O–H groups in total. The molecule has 0 spiro atoms. The van der Waals surface area contributed by atoms with E-state index in [2.05, 4.69) is 9.97 Å². The number of aromatic nitrogens is 2. The van der Waals surface area contributed by atoms with E-state index in [4.69, 9.17) is 10.4 Å². The van der Waals surface area contributed by atoms with E-state index in [0.29, 0.717) is 5.82 Å². The summed E-state index contributed by atoms with van der Waals surface area (Å²) < 4.78 is 0. The Bertz CT molecular complexity index is 343. The van der Waals surface area contributed by atoms with Crippen molar-refractivity contribution < 1.29 is 5.11 Å². The highest BCUT2D eigenvalue weighted by Gasteiger charge is 2.12. The second kappa shape index (κ2) is 3.97. The van der Waals surface area contributed by atoms with Crippen LogP contribution in [0.5, 0.6) is 0 Å². The summed E-state index contributed by atoms with van der Waals surface area (Å²) in [5.41, 5.74) is 1.83. The number of hydrogen-bond acceptors (Lipinski definition) is 4. The van der Waals surface area contributed by atoms with Crippen LogP contribution in [0.15, 0.2) is 6.20 Å². The molecule has 0 fully saturated rings. The summed E-state index contributed by atoms with van der Waals surface area (Å²) in [6.45, 7) is 3.52. The highest BCUT2D eigenvalue weighted by Crippen LogP contribution is 2.10. The Morgan fingerprint density at radius 1 is 1.62 bits per heavy atom. The van der Waals surface area contributed by atoms with Crippen molar-refractivity contribution in [2.75, 3.05) is 6.61 Å². The van der Waals surface area contributed by atoms with Crippen LogP contribution in [0.2, 0.25) is 0 Å². The van der Waals surface area contributed by atoms with E-state index < -0.39 is 5.92 Å². The lowest BCUT2D eigenvalue weighted by Gasteiger charge is -2.05. The van der Waals surface area contributed by atoms with Crippen LogP contribution in [0, 0.1) is 25.2 Å². The van der Waals surface area contributed by atoms with E-state index >= 15 is 0 Å². The van der Waals surface area contributed by atoms with Crippen LogP contribution in [0.1, 0.15) is 23.0 Å². The van der Waals surface area contributed by atoms with Crippen LogP contribution in [0.4, 0.5) is 0 Å². The summed E-state index contributed by atoms with van der Waals surface area (Å²) in [5, 5.41) is 17.5. The molecule has 0 aromatic carbocycles. The molecule has 0 aliphatic heterocycles. The van der Waals surface area contributed by atoms with Crippen molar-refractivity contribution in [2.24, 2.45) is 0 Å². The number of hydrogen-bond donors (Lipinski definition) is 1. The van der Waals surface area contributed by atoms with Gasteiger partial charge in [-0.05, 0) is 19.4 Å². The van der Waals surface area contributed by atoms with Gasteiger partial charge in [0.15, 0.2) is 0 Å². The summed E-state index contributed by atoms with van der Waals surface area (Å²) in [7, 11) is 0. The first-order valence-electron chi connectivity index (χ1n) is 3.99. The molecule has 1 rings (SSSR count). The maximum Gasteiger partial charge on any atom is 0.148 e. The van der Waals surface area contributed by atoms with Gasteiger partial charge in [-0.25, -0.2) is 9.97 Å². The van der Waals surface area contributed by atoms with Crippen molar-refractivity contribution in [3.8, 4) is 6.07 Å². The first-order valence-corrected chi connectivity index (χ1v) is 3.99. The predicted molar refractivity (Wildman–Crippen MR) is 46.9 cm³/mol. The molecule has 1 heterocycles. The van der Waals surface area contributed by atoms with Gasteiger partial charge in [-0.2, -0.15) is 5.26 Å². The van der Waals surface area contributed by atoms with Gasteiger partial charge in [-0.3, -0.25) is 0 Å². The average molecular weight is 177 g/mol. The maximum absolute atomic E-state index is 8.84. The lowest BCUT2D eigenvalue weighted by molar-refractivity contribution is 0.282. The minimum atomic E-state index is -0.612. The van der Waals surface area contributed by atoms with Gasteiger partial charge < -0.3 is 5.11 Å². The van der Waals surface area contributed by atoms with Gasteiger partial charge in [0.1, 0.15) is 11.7 Å². The van der Waals surface area contributed by atoms with Crippen LogP contribution in [0.25, 0.3) is 0 Å². The molecule has 0 radical (unpaired) electrons. The fourth-order valence-electron chi connectivity index (χ4n) is 0.893. The lowest BCUT2D eigenvalue weighted by Crippen LogP contribution is -2.08. The molecule has 0 aliphatic rings. The summed E-state index contributed by atoms with van der Waals surface area (Å²) in [6, 6.07) is 1.94. The number of rotatable bonds is 2. The smallest absolute Gasteiger partial charge is 0.148 e. The normalized spacial score (nSPS) is 12.2. The van der Waals surface area contributed by atoms with Crippen LogP contribution < -0.4 is 0 Å². The van der Waals surface area contributed by atoms with E-state index in [1.54, 1.807) is 6.20 Å². The number of nitrogens with zero attached hydrogens (tertiary/aromatic N) is 3. The van der Waals surface area contributed by atoms with Crippen LogP contribution >= 0.6 is 0 Å². The minimum Gasteiger partial charge on any atom is -0.395 e. The number of nitriles is 1. The van der Waals surface area contributed by atoms with Crippen molar-refractivity contribution in [2.45, 2.75) is 19.8 Å². The average Bonchev–Trinajstić information content (AvgIpc) is 2.13. The third-order valence-electron chi connectivity index (χ3n) is 1.89. The molecular formula is C9H11N3O. The molecule has 4 nitrogen and oxygen atoms in total. The summed E-state index contributed by atoms with van der Waals surface area (Å²) in [4.78, 5) is 8.11. The topological polar surface area (TPSA) is 69.8 Å². The highest BCUT2D eigenvalue weighted by atomic mass is 16.3. The van der Waals surface area contributed by atoms with Gasteiger partial charge in [-0.1, -0.05) is 0 Å². The van der Waals surface area contributed by atoms with Crippen molar-refractivity contribution in [1.29, 1.82) is 5.26 Å². The van der Waals surface area contributed by atoms with Gasteiger partial charge in [0.25, 0.3) is 0 Å². The van der Waals surface area contributed by atoms with E-state index in [0.717, 1.165) is 11.3 Å². The SMILES string of the molecule is Cc1cnc(C(C#N)CO)nc1C. The van der Waals surface area contributed by atoms with Gasteiger partial charge in [0, 0.05) is 11.9 Å². The Morgan fingerprint density at radius 3 is 2.77 bits per heavy atom.